The van der Waals surface area contributed by atoms with Crippen LogP contribution in [0.15, 0.2) is 22.4 Å². The minimum Gasteiger partial charge on any atom is -0.305 e. The molecule has 2 heterocycles. The summed E-state index contributed by atoms with van der Waals surface area (Å²) in [5, 5.41) is 2.69. The molecule has 2 aromatic heterocycles. The Morgan fingerprint density at radius 3 is 2.88 bits per heavy atom. The van der Waals surface area contributed by atoms with E-state index in [1.165, 1.54) is 17.3 Å². The van der Waals surface area contributed by atoms with Crippen molar-refractivity contribution < 1.29 is 0 Å². The normalized spacial score (nSPS) is 10.4. The largest absolute Gasteiger partial charge is 0.305 e. The topological polar surface area (TPSA) is 104 Å². The zero-order valence-corrected chi connectivity index (χ0v) is 9.26. The quantitative estimate of drug-likeness (QED) is 0.482. The van der Waals surface area contributed by atoms with Gasteiger partial charge in [-0.1, -0.05) is 0 Å². The van der Waals surface area contributed by atoms with E-state index >= 15 is 0 Å². The first-order valence-electron chi connectivity index (χ1n) is 4.57. The maximum Gasteiger partial charge on any atom is 0.280 e. The van der Waals surface area contributed by atoms with Gasteiger partial charge in [-0.15, -0.1) is 16.5 Å². The highest BCUT2D eigenvalue weighted by molar-refractivity contribution is 6.18. The summed E-state index contributed by atoms with van der Waals surface area (Å²) < 4.78 is 0. The standard InChI is InChI=1S/C8H7ClN6O2/c9-3-15(4-12-17)8-13-6-5(7(16)14-8)10-1-2-11-6/h1-2H,3-4H2,(H,11,13,14,16). The van der Waals surface area contributed by atoms with Crippen LogP contribution in [0.2, 0.25) is 0 Å². The summed E-state index contributed by atoms with van der Waals surface area (Å²) in [5.41, 5.74) is -0.129. The van der Waals surface area contributed by atoms with Gasteiger partial charge < -0.3 is 4.90 Å². The second-order valence-electron chi connectivity index (χ2n) is 3.05. The number of alkyl halides is 1. The third-order valence-corrected chi connectivity index (χ3v) is 2.29. The third-order valence-electron chi connectivity index (χ3n) is 2.00. The van der Waals surface area contributed by atoms with Gasteiger partial charge >= 0.3 is 0 Å². The van der Waals surface area contributed by atoms with Crippen molar-refractivity contribution in [3.05, 3.63) is 27.7 Å². The second-order valence-corrected chi connectivity index (χ2v) is 3.29. The van der Waals surface area contributed by atoms with E-state index in [2.05, 4.69) is 25.1 Å². The van der Waals surface area contributed by atoms with Crippen LogP contribution >= 0.6 is 11.6 Å². The van der Waals surface area contributed by atoms with Gasteiger partial charge in [0.05, 0.1) is 6.00 Å². The van der Waals surface area contributed by atoms with Crippen molar-refractivity contribution in [3.8, 4) is 0 Å². The van der Waals surface area contributed by atoms with Gasteiger partial charge in [0.1, 0.15) is 0 Å². The fourth-order valence-electron chi connectivity index (χ4n) is 1.24. The van der Waals surface area contributed by atoms with Crippen LogP contribution in [-0.2, 0) is 0 Å². The fraction of sp³-hybridized carbons (Fsp3) is 0.250. The monoisotopic (exact) mass is 254 g/mol. The van der Waals surface area contributed by atoms with Crippen molar-refractivity contribution in [2.45, 2.75) is 0 Å². The molecule has 0 spiro atoms. The zero-order chi connectivity index (χ0) is 12.3. The van der Waals surface area contributed by atoms with Crippen LogP contribution in [0.5, 0.6) is 0 Å². The molecule has 0 saturated carbocycles. The lowest BCUT2D eigenvalue weighted by Crippen LogP contribution is -2.26. The van der Waals surface area contributed by atoms with E-state index in [0.717, 1.165) is 0 Å². The van der Waals surface area contributed by atoms with E-state index in [-0.39, 0.29) is 29.8 Å². The highest BCUT2D eigenvalue weighted by atomic mass is 35.5. The molecule has 0 radical (unpaired) electrons. The predicted octanol–water partition coefficient (Wildman–Crippen LogP) is 0.440. The molecule has 0 saturated heterocycles. The van der Waals surface area contributed by atoms with Crippen LogP contribution < -0.4 is 10.5 Å². The van der Waals surface area contributed by atoms with Crippen molar-refractivity contribution in [2.75, 3.05) is 17.6 Å². The van der Waals surface area contributed by atoms with Gasteiger partial charge in [-0.25, -0.2) is 9.97 Å². The Bertz CT molecular complexity index is 600. The number of hydrogen-bond donors (Lipinski definition) is 1. The lowest BCUT2D eigenvalue weighted by molar-refractivity contribution is 0.852. The average Bonchev–Trinajstić information content (AvgIpc) is 2.36. The Kier molecular flexibility index (Phi) is 3.24. The Morgan fingerprint density at radius 2 is 2.18 bits per heavy atom. The van der Waals surface area contributed by atoms with E-state index in [0.29, 0.717) is 0 Å². The SMILES string of the molecule is O=NCN(CCl)c1nc2nccnc2c(=O)[nH]1. The maximum absolute atomic E-state index is 11.6. The minimum absolute atomic E-state index is 0.0273. The molecule has 0 unspecified atom stereocenters. The second kappa shape index (κ2) is 4.83. The Hall–Kier alpha value is -2.09. The molecule has 0 atom stereocenters. The number of nitrogens with zero attached hydrogens (tertiary/aromatic N) is 5. The molecular weight excluding hydrogens is 248 g/mol. The first-order valence-corrected chi connectivity index (χ1v) is 5.10. The molecule has 0 aliphatic carbocycles. The molecule has 17 heavy (non-hydrogen) atoms. The van der Waals surface area contributed by atoms with Crippen molar-refractivity contribution in [1.82, 2.24) is 19.9 Å². The molecule has 0 aromatic carbocycles. The van der Waals surface area contributed by atoms with Gasteiger partial charge in [0.25, 0.3) is 5.56 Å². The lowest BCUT2D eigenvalue weighted by Gasteiger charge is -2.15. The van der Waals surface area contributed by atoms with Gasteiger partial charge in [-0.05, 0) is 5.18 Å². The Labute approximate surface area is 99.6 Å². The van der Waals surface area contributed by atoms with Crippen molar-refractivity contribution in [2.24, 2.45) is 5.18 Å². The molecule has 0 amide bonds. The summed E-state index contributed by atoms with van der Waals surface area (Å²) in [6.07, 6.45) is 2.81. The number of nitroso groups, excluding NO2 is 1. The Balaban J connectivity index is 2.56. The molecule has 0 aliphatic heterocycles. The molecule has 2 rings (SSSR count). The number of nitrogens with one attached hydrogen (secondary N) is 1. The van der Waals surface area contributed by atoms with Crippen LogP contribution in [-0.4, -0.2) is 32.6 Å². The van der Waals surface area contributed by atoms with Crippen molar-refractivity contribution >= 4 is 28.7 Å². The molecule has 88 valence electrons. The predicted molar refractivity (Wildman–Crippen MR) is 61.8 cm³/mol. The third kappa shape index (κ3) is 2.21. The lowest BCUT2D eigenvalue weighted by atomic mass is 10.5. The molecule has 0 aliphatic rings. The van der Waals surface area contributed by atoms with Crippen LogP contribution in [0.25, 0.3) is 11.2 Å². The molecule has 2 aromatic rings. The smallest absolute Gasteiger partial charge is 0.280 e. The van der Waals surface area contributed by atoms with E-state index in [1.807, 2.05) is 0 Å². The maximum atomic E-state index is 11.6. The Morgan fingerprint density at radius 1 is 1.41 bits per heavy atom. The number of H-pyrrole nitrogens is 1. The van der Waals surface area contributed by atoms with Crippen LogP contribution in [0.1, 0.15) is 0 Å². The average molecular weight is 255 g/mol. The van der Waals surface area contributed by atoms with Crippen LogP contribution in [0.3, 0.4) is 0 Å². The first-order chi connectivity index (χ1) is 8.26. The summed E-state index contributed by atoms with van der Waals surface area (Å²) in [4.78, 5) is 37.4. The number of aromatic amines is 1. The van der Waals surface area contributed by atoms with Gasteiger partial charge in [-0.2, -0.15) is 4.98 Å². The van der Waals surface area contributed by atoms with E-state index < -0.39 is 5.56 Å². The van der Waals surface area contributed by atoms with Gasteiger partial charge in [0.15, 0.2) is 17.8 Å². The molecular formula is C8H7ClN6O2. The number of rotatable bonds is 4. The number of aromatic nitrogens is 4. The summed E-state index contributed by atoms with van der Waals surface area (Å²) in [6.45, 7) is -0.210. The van der Waals surface area contributed by atoms with E-state index in [9.17, 15) is 9.70 Å². The number of fused-ring (bicyclic) bond motifs is 1. The van der Waals surface area contributed by atoms with Crippen molar-refractivity contribution in [1.29, 1.82) is 0 Å². The van der Waals surface area contributed by atoms with Gasteiger partial charge in [-0.3, -0.25) is 9.78 Å². The summed E-state index contributed by atoms with van der Waals surface area (Å²) >= 11 is 5.61. The van der Waals surface area contributed by atoms with E-state index in [1.54, 1.807) is 0 Å². The highest BCUT2D eigenvalue weighted by Gasteiger charge is 2.11. The molecule has 9 heteroatoms. The zero-order valence-electron chi connectivity index (χ0n) is 8.50. The summed E-state index contributed by atoms with van der Waals surface area (Å²) in [7, 11) is 0. The molecule has 8 nitrogen and oxygen atoms in total. The number of halogens is 1. The summed E-state index contributed by atoms with van der Waals surface area (Å²) in [6, 6.07) is -0.0273. The number of hydrogen-bond acceptors (Lipinski definition) is 7. The van der Waals surface area contributed by atoms with Gasteiger partial charge in [0.2, 0.25) is 5.95 Å². The van der Waals surface area contributed by atoms with E-state index in [4.69, 9.17) is 11.6 Å². The van der Waals surface area contributed by atoms with Crippen molar-refractivity contribution in [3.63, 3.8) is 0 Å². The molecule has 0 bridgehead atoms. The van der Waals surface area contributed by atoms with Crippen LogP contribution in [0, 0.1) is 4.91 Å². The molecule has 1 N–H and O–H groups in total. The molecule has 0 fully saturated rings. The first kappa shape index (κ1) is 11.4. The number of anilines is 1. The van der Waals surface area contributed by atoms with Gasteiger partial charge in [0, 0.05) is 12.4 Å². The van der Waals surface area contributed by atoms with Crippen LogP contribution in [0.4, 0.5) is 5.95 Å². The highest BCUT2D eigenvalue weighted by Crippen LogP contribution is 2.08. The summed E-state index contributed by atoms with van der Waals surface area (Å²) in [5.74, 6) is 0.137. The minimum atomic E-state index is -0.445. The fourth-order valence-corrected chi connectivity index (χ4v) is 1.43.